The zero-order valence-electron chi connectivity index (χ0n) is 15.2. The molecule has 2 heterocycles. The highest BCUT2D eigenvalue weighted by Gasteiger charge is 2.29. The minimum Gasteiger partial charge on any atom is -0.493 e. The summed E-state index contributed by atoms with van der Waals surface area (Å²) < 4.78 is 13.9. The number of aromatic nitrogens is 3. The van der Waals surface area contributed by atoms with Gasteiger partial charge < -0.3 is 9.47 Å². The number of methoxy groups -OCH3 is 1. The van der Waals surface area contributed by atoms with Gasteiger partial charge in [0.25, 0.3) is 0 Å². The van der Waals surface area contributed by atoms with E-state index in [1.54, 1.807) is 23.9 Å². The van der Waals surface area contributed by atoms with Gasteiger partial charge in [-0.3, -0.25) is 10.1 Å². The summed E-state index contributed by atoms with van der Waals surface area (Å²) in [6, 6.07) is 8.75. The first-order valence-corrected chi connectivity index (χ1v) is 10.1. The zero-order chi connectivity index (χ0) is 20.5. The van der Waals surface area contributed by atoms with Gasteiger partial charge in [-0.25, -0.2) is 4.68 Å². The van der Waals surface area contributed by atoms with E-state index in [0.717, 1.165) is 11.1 Å². The number of rotatable bonds is 5. The Morgan fingerprint density at radius 3 is 2.86 bits per heavy atom. The Hall–Kier alpha value is -2.29. The number of halogens is 3. The minimum absolute atomic E-state index is 0.120. The Morgan fingerprint density at radius 2 is 2.10 bits per heavy atom. The normalized spacial score (nSPS) is 15.6. The quantitative estimate of drug-likeness (QED) is 0.544. The van der Waals surface area contributed by atoms with E-state index in [0.29, 0.717) is 32.0 Å². The number of nitrogens with zero attached hydrogens (tertiary/aromatic N) is 3. The van der Waals surface area contributed by atoms with Crippen LogP contribution in [-0.4, -0.2) is 27.8 Å². The topological polar surface area (TPSA) is 78.3 Å². The lowest BCUT2D eigenvalue weighted by molar-refractivity contribution is -0.117. The molecule has 4 rings (SSSR count). The predicted molar refractivity (Wildman–Crippen MR) is 113 cm³/mol. The third-order valence-electron chi connectivity index (χ3n) is 4.50. The Kier molecular flexibility index (Phi) is 5.67. The molecule has 1 aliphatic heterocycles. The average Bonchev–Trinajstić information content (AvgIpc) is 3.16. The molecule has 0 fully saturated rings. The van der Waals surface area contributed by atoms with Gasteiger partial charge in [0.2, 0.25) is 11.9 Å². The van der Waals surface area contributed by atoms with Crippen molar-refractivity contribution in [3.05, 3.63) is 62.3 Å². The number of nitrogens with one attached hydrogen (secondary N) is 1. The standard InChI is InChI=1S/C19H15BrCl2N4O3/c1-28-16-6-11(15-7-17(27)25-19-23-9-24-26(15)19)5-12(20)18(16)29-8-10-2-3-13(21)14(22)4-10/h2-6,9,15H,7-8H2,1H3,(H,23,24,25,27). The summed E-state index contributed by atoms with van der Waals surface area (Å²) >= 11 is 15.6. The van der Waals surface area contributed by atoms with Crippen LogP contribution in [0.1, 0.15) is 23.6 Å². The first-order chi connectivity index (χ1) is 14.0. The van der Waals surface area contributed by atoms with Crippen LogP contribution >= 0.6 is 39.1 Å². The summed E-state index contributed by atoms with van der Waals surface area (Å²) in [4.78, 5) is 16.1. The summed E-state index contributed by atoms with van der Waals surface area (Å²) in [5, 5.41) is 7.89. The molecule has 1 aliphatic rings. The molecule has 10 heteroatoms. The molecular weight excluding hydrogens is 483 g/mol. The molecule has 0 aliphatic carbocycles. The zero-order valence-corrected chi connectivity index (χ0v) is 18.3. The fourth-order valence-electron chi connectivity index (χ4n) is 3.12. The lowest BCUT2D eigenvalue weighted by atomic mass is 10.0. The molecule has 1 aromatic heterocycles. The number of ether oxygens (including phenoxy) is 2. The van der Waals surface area contributed by atoms with Crippen molar-refractivity contribution in [2.24, 2.45) is 0 Å². The van der Waals surface area contributed by atoms with Gasteiger partial charge >= 0.3 is 0 Å². The summed E-state index contributed by atoms with van der Waals surface area (Å²) in [6.45, 7) is 0.282. The molecule has 1 atom stereocenters. The number of benzene rings is 2. The Balaban J connectivity index is 1.63. The Morgan fingerprint density at radius 1 is 1.28 bits per heavy atom. The van der Waals surface area contributed by atoms with Crippen molar-refractivity contribution < 1.29 is 14.3 Å². The van der Waals surface area contributed by atoms with Crippen molar-refractivity contribution in [1.29, 1.82) is 0 Å². The van der Waals surface area contributed by atoms with Crippen molar-refractivity contribution in [1.82, 2.24) is 14.8 Å². The molecule has 0 saturated carbocycles. The maximum absolute atomic E-state index is 12.0. The molecule has 0 radical (unpaired) electrons. The molecular formula is C19H15BrCl2N4O3. The van der Waals surface area contributed by atoms with Crippen LogP contribution in [0.25, 0.3) is 0 Å². The van der Waals surface area contributed by atoms with Gasteiger partial charge in [-0.15, -0.1) is 0 Å². The fourth-order valence-corrected chi connectivity index (χ4v) is 4.02. The third-order valence-corrected chi connectivity index (χ3v) is 5.83. The molecule has 3 aromatic rings. The summed E-state index contributed by atoms with van der Waals surface area (Å²) in [5.41, 5.74) is 1.71. The SMILES string of the molecule is COc1cc(C2CC(=O)Nc3ncnn32)cc(Br)c1OCc1ccc(Cl)c(Cl)c1. The number of anilines is 1. The minimum atomic E-state index is -0.296. The first kappa shape index (κ1) is 20.0. The second-order valence-electron chi connectivity index (χ2n) is 6.37. The number of fused-ring (bicyclic) bond motifs is 1. The van der Waals surface area contributed by atoms with Gasteiger partial charge in [-0.2, -0.15) is 10.1 Å². The van der Waals surface area contributed by atoms with Crippen molar-refractivity contribution in [3.8, 4) is 11.5 Å². The van der Waals surface area contributed by atoms with Crippen molar-refractivity contribution >= 4 is 51.0 Å². The van der Waals surface area contributed by atoms with Crippen molar-refractivity contribution in [3.63, 3.8) is 0 Å². The van der Waals surface area contributed by atoms with Crippen LogP contribution in [0.2, 0.25) is 10.0 Å². The first-order valence-electron chi connectivity index (χ1n) is 8.59. The predicted octanol–water partition coefficient (Wildman–Crippen LogP) is 4.87. The second-order valence-corrected chi connectivity index (χ2v) is 8.04. The molecule has 29 heavy (non-hydrogen) atoms. The van der Waals surface area contributed by atoms with Gasteiger partial charge in [0, 0.05) is 0 Å². The summed E-state index contributed by atoms with van der Waals surface area (Å²) in [6.07, 6.45) is 1.66. The lowest BCUT2D eigenvalue weighted by Gasteiger charge is -2.25. The van der Waals surface area contributed by atoms with Crippen molar-refractivity contribution in [2.45, 2.75) is 19.1 Å². The fraction of sp³-hybridized carbons (Fsp3) is 0.211. The van der Waals surface area contributed by atoms with E-state index in [4.69, 9.17) is 32.7 Å². The monoisotopic (exact) mass is 496 g/mol. The number of amides is 1. The number of carbonyl (C=O) groups is 1. The van der Waals surface area contributed by atoms with E-state index in [2.05, 4.69) is 31.3 Å². The Labute approximate surface area is 185 Å². The van der Waals surface area contributed by atoms with Crippen LogP contribution in [0.4, 0.5) is 5.95 Å². The molecule has 1 unspecified atom stereocenters. The van der Waals surface area contributed by atoms with E-state index in [-0.39, 0.29) is 25.0 Å². The van der Waals surface area contributed by atoms with Crippen LogP contribution in [0.5, 0.6) is 11.5 Å². The van der Waals surface area contributed by atoms with Crippen molar-refractivity contribution in [2.75, 3.05) is 12.4 Å². The van der Waals surface area contributed by atoms with E-state index >= 15 is 0 Å². The lowest BCUT2D eigenvalue weighted by Crippen LogP contribution is -2.29. The van der Waals surface area contributed by atoms with Gasteiger partial charge in [-0.05, 0) is 51.3 Å². The van der Waals surface area contributed by atoms with E-state index in [1.807, 2.05) is 18.2 Å². The van der Waals surface area contributed by atoms with Gasteiger partial charge in [0.1, 0.15) is 12.9 Å². The average molecular weight is 498 g/mol. The number of carbonyl (C=O) groups excluding carboxylic acids is 1. The highest BCUT2D eigenvalue weighted by atomic mass is 79.9. The molecule has 2 aromatic carbocycles. The number of hydrogen-bond donors (Lipinski definition) is 1. The van der Waals surface area contributed by atoms with Gasteiger partial charge in [0.05, 0.1) is 34.1 Å². The molecule has 1 amide bonds. The van der Waals surface area contributed by atoms with Gasteiger partial charge in [0.15, 0.2) is 11.5 Å². The van der Waals surface area contributed by atoms with E-state index in [9.17, 15) is 4.79 Å². The third kappa shape index (κ3) is 4.05. The van der Waals surface area contributed by atoms with E-state index in [1.165, 1.54) is 6.33 Å². The molecule has 7 nitrogen and oxygen atoms in total. The molecule has 150 valence electrons. The maximum Gasteiger partial charge on any atom is 0.229 e. The highest BCUT2D eigenvalue weighted by molar-refractivity contribution is 9.10. The van der Waals surface area contributed by atoms with Crippen LogP contribution in [-0.2, 0) is 11.4 Å². The molecule has 0 saturated heterocycles. The molecule has 0 bridgehead atoms. The summed E-state index contributed by atoms with van der Waals surface area (Å²) in [7, 11) is 1.56. The number of hydrogen-bond acceptors (Lipinski definition) is 5. The highest BCUT2D eigenvalue weighted by Crippen LogP contribution is 2.41. The second kappa shape index (κ2) is 8.22. The largest absolute Gasteiger partial charge is 0.493 e. The maximum atomic E-state index is 12.0. The smallest absolute Gasteiger partial charge is 0.229 e. The molecule has 0 spiro atoms. The van der Waals surface area contributed by atoms with Crippen LogP contribution in [0.15, 0.2) is 41.1 Å². The van der Waals surface area contributed by atoms with Crippen LogP contribution in [0, 0.1) is 0 Å². The van der Waals surface area contributed by atoms with Gasteiger partial charge in [-0.1, -0.05) is 29.3 Å². The van der Waals surface area contributed by atoms with E-state index < -0.39 is 0 Å². The molecule has 1 N–H and O–H groups in total. The van der Waals surface area contributed by atoms with Crippen LogP contribution in [0.3, 0.4) is 0 Å². The Bertz CT molecular complexity index is 1090. The van der Waals surface area contributed by atoms with Crippen LogP contribution < -0.4 is 14.8 Å². The summed E-state index contributed by atoms with van der Waals surface area (Å²) in [5.74, 6) is 1.37.